The van der Waals surface area contributed by atoms with Crippen LogP contribution in [0, 0.1) is 0 Å². The first-order valence-electron chi connectivity index (χ1n) is 14.1. The predicted octanol–water partition coefficient (Wildman–Crippen LogP) is 7.62. The van der Waals surface area contributed by atoms with Crippen molar-refractivity contribution in [3.8, 4) is 11.5 Å². The van der Waals surface area contributed by atoms with Gasteiger partial charge in [-0.1, -0.05) is 89.8 Å². The molecule has 0 spiro atoms. The molecule has 224 valence electrons. The second-order valence-electron chi connectivity index (χ2n) is 10.3. The number of furan rings is 1. The van der Waals surface area contributed by atoms with Crippen LogP contribution < -0.4 is 9.64 Å². The number of phenolic OH excluding ortho intramolecular Hbond substituents is 1. The van der Waals surface area contributed by atoms with Crippen molar-refractivity contribution in [1.29, 1.82) is 0 Å². The fourth-order valence-corrected chi connectivity index (χ4v) is 7.34. The Morgan fingerprint density at radius 2 is 1.76 bits per heavy atom. The standard InChI is InChI=1S/C34H25N3O6S2/c1-2-42-26-17-21(14-15-24(26)38)29-28(30(39)27-16-20-9-4-6-13-25(20)43-27)31(40)32(41)37(29)33-35-36-34(45-33)44-18-22-11-7-10-19-8-3-5-12-23(19)22/h3-17,29,38,40H,2,18H2,1H3/t29-/m0/s1. The second kappa shape index (κ2) is 11.8. The number of benzene rings is 4. The number of hydrogen-bond acceptors (Lipinski definition) is 10. The topological polar surface area (TPSA) is 126 Å². The van der Waals surface area contributed by atoms with E-state index in [4.69, 9.17) is 9.15 Å². The molecule has 3 heterocycles. The lowest BCUT2D eigenvalue weighted by molar-refractivity contribution is -0.117. The summed E-state index contributed by atoms with van der Waals surface area (Å²) in [5.41, 5.74) is 1.88. The predicted molar refractivity (Wildman–Crippen MR) is 173 cm³/mol. The molecule has 0 bridgehead atoms. The Kier molecular flexibility index (Phi) is 7.48. The number of aromatic hydroxyl groups is 1. The van der Waals surface area contributed by atoms with Crippen molar-refractivity contribution in [2.45, 2.75) is 23.1 Å². The number of nitrogens with zero attached hydrogens (tertiary/aromatic N) is 3. The number of ketones is 1. The maximum Gasteiger partial charge on any atom is 0.296 e. The Labute approximate surface area is 265 Å². The van der Waals surface area contributed by atoms with Crippen LogP contribution in [0.3, 0.4) is 0 Å². The summed E-state index contributed by atoms with van der Waals surface area (Å²) in [4.78, 5) is 28.9. The van der Waals surface area contributed by atoms with Gasteiger partial charge in [-0.25, -0.2) is 0 Å². The van der Waals surface area contributed by atoms with Gasteiger partial charge in [0.25, 0.3) is 5.91 Å². The zero-order chi connectivity index (χ0) is 31.1. The number of anilines is 1. The number of thioether (sulfide) groups is 1. The highest BCUT2D eigenvalue weighted by Gasteiger charge is 2.47. The van der Waals surface area contributed by atoms with Crippen LogP contribution in [0.4, 0.5) is 5.13 Å². The SMILES string of the molecule is CCOc1cc([C@H]2C(C(=O)c3cc4ccccc4o3)=C(O)C(=O)N2c2nnc(SCc3cccc4ccccc34)s2)ccc1O. The number of aliphatic hydroxyl groups is 1. The van der Waals surface area contributed by atoms with Crippen LogP contribution in [0.1, 0.15) is 34.6 Å². The minimum atomic E-state index is -1.10. The highest BCUT2D eigenvalue weighted by Crippen LogP contribution is 2.46. The molecule has 2 aromatic heterocycles. The lowest BCUT2D eigenvalue weighted by Gasteiger charge is -2.24. The van der Waals surface area contributed by atoms with Crippen LogP contribution in [0.25, 0.3) is 21.7 Å². The summed E-state index contributed by atoms with van der Waals surface area (Å²) in [5.74, 6) is -1.48. The van der Waals surface area contributed by atoms with Crippen LogP contribution in [-0.4, -0.2) is 38.7 Å². The van der Waals surface area contributed by atoms with Gasteiger partial charge < -0.3 is 19.4 Å². The van der Waals surface area contributed by atoms with Gasteiger partial charge in [-0.15, -0.1) is 10.2 Å². The molecule has 1 aliphatic rings. The number of phenols is 1. The second-order valence-corrected chi connectivity index (χ2v) is 12.4. The van der Waals surface area contributed by atoms with E-state index in [1.54, 1.807) is 43.3 Å². The van der Waals surface area contributed by atoms with Crippen LogP contribution in [0.2, 0.25) is 0 Å². The van der Waals surface area contributed by atoms with E-state index in [9.17, 15) is 19.8 Å². The average Bonchev–Trinajstić information content (AvgIpc) is 3.77. The number of aliphatic hydroxyl groups excluding tert-OH is 1. The number of amides is 1. The zero-order valence-corrected chi connectivity index (χ0v) is 25.5. The number of hydrogen-bond donors (Lipinski definition) is 2. The van der Waals surface area contributed by atoms with Crippen molar-refractivity contribution in [2.75, 3.05) is 11.5 Å². The first kappa shape index (κ1) is 28.6. The molecule has 0 aliphatic carbocycles. The summed E-state index contributed by atoms with van der Waals surface area (Å²) in [6.07, 6.45) is 0. The molecule has 7 rings (SSSR count). The number of carbonyl (C=O) groups is 2. The van der Waals surface area contributed by atoms with E-state index >= 15 is 0 Å². The highest BCUT2D eigenvalue weighted by molar-refractivity contribution is 8.00. The van der Waals surface area contributed by atoms with E-state index < -0.39 is 23.5 Å². The number of aromatic nitrogens is 2. The van der Waals surface area contributed by atoms with E-state index in [0.717, 1.165) is 16.3 Å². The van der Waals surface area contributed by atoms with Crippen molar-refractivity contribution in [2.24, 2.45) is 0 Å². The normalized spacial score (nSPS) is 15.0. The van der Waals surface area contributed by atoms with Crippen LogP contribution in [-0.2, 0) is 10.5 Å². The van der Waals surface area contributed by atoms with E-state index in [1.807, 2.05) is 24.3 Å². The number of carbonyl (C=O) groups excluding carboxylic acids is 2. The monoisotopic (exact) mass is 635 g/mol. The van der Waals surface area contributed by atoms with Crippen LogP contribution in [0.15, 0.2) is 111 Å². The molecular formula is C34H25N3O6S2. The minimum absolute atomic E-state index is 0.0233. The third-order valence-electron chi connectivity index (χ3n) is 7.53. The zero-order valence-electron chi connectivity index (χ0n) is 23.8. The van der Waals surface area contributed by atoms with E-state index in [1.165, 1.54) is 34.1 Å². The van der Waals surface area contributed by atoms with Gasteiger partial charge in [0.15, 0.2) is 27.4 Å². The third-order valence-corrected chi connectivity index (χ3v) is 9.64. The summed E-state index contributed by atoms with van der Waals surface area (Å²) in [6, 6.07) is 26.5. The third kappa shape index (κ3) is 5.19. The average molecular weight is 636 g/mol. The Balaban J connectivity index is 1.26. The van der Waals surface area contributed by atoms with E-state index in [2.05, 4.69) is 34.5 Å². The van der Waals surface area contributed by atoms with Crippen LogP contribution in [0.5, 0.6) is 11.5 Å². The molecule has 0 fully saturated rings. The lowest BCUT2D eigenvalue weighted by atomic mass is 9.95. The number of rotatable bonds is 9. The van der Waals surface area contributed by atoms with Gasteiger partial charge in [0.1, 0.15) is 5.58 Å². The molecule has 2 N–H and O–H groups in total. The molecule has 1 aliphatic heterocycles. The van der Waals surface area contributed by atoms with Crippen molar-refractivity contribution < 1.29 is 29.0 Å². The number of ether oxygens (including phenoxy) is 1. The van der Waals surface area contributed by atoms with Crippen molar-refractivity contribution >= 4 is 61.7 Å². The Bertz CT molecular complexity index is 2100. The highest BCUT2D eigenvalue weighted by atomic mass is 32.2. The molecular weight excluding hydrogens is 611 g/mol. The fourth-order valence-electron chi connectivity index (χ4n) is 5.46. The molecule has 6 aromatic rings. The molecule has 9 nitrogen and oxygen atoms in total. The van der Waals surface area contributed by atoms with Gasteiger partial charge in [-0.05, 0) is 53.1 Å². The molecule has 11 heteroatoms. The molecule has 1 atom stereocenters. The van der Waals surface area contributed by atoms with Crippen molar-refractivity contribution in [1.82, 2.24) is 10.2 Å². The molecule has 1 amide bonds. The molecule has 0 saturated heterocycles. The summed E-state index contributed by atoms with van der Waals surface area (Å²) in [7, 11) is 0. The van der Waals surface area contributed by atoms with Crippen molar-refractivity contribution in [3.63, 3.8) is 0 Å². The largest absolute Gasteiger partial charge is 0.504 e. The van der Waals surface area contributed by atoms with Gasteiger partial charge in [-0.2, -0.15) is 0 Å². The van der Waals surface area contributed by atoms with Gasteiger partial charge in [-0.3, -0.25) is 14.5 Å². The molecule has 0 unspecified atom stereocenters. The quantitative estimate of drug-likeness (QED) is 0.0937. The first-order chi connectivity index (χ1) is 21.9. The lowest BCUT2D eigenvalue weighted by Crippen LogP contribution is -2.31. The van der Waals surface area contributed by atoms with E-state index in [-0.39, 0.29) is 34.6 Å². The molecule has 45 heavy (non-hydrogen) atoms. The Morgan fingerprint density at radius 3 is 2.58 bits per heavy atom. The summed E-state index contributed by atoms with van der Waals surface area (Å²) < 4.78 is 12.0. The summed E-state index contributed by atoms with van der Waals surface area (Å²) >= 11 is 2.66. The number of para-hydroxylation sites is 1. The van der Waals surface area contributed by atoms with Gasteiger partial charge in [0.05, 0.1) is 18.2 Å². The molecule has 4 aromatic carbocycles. The van der Waals surface area contributed by atoms with Gasteiger partial charge in [0.2, 0.25) is 10.9 Å². The maximum absolute atomic E-state index is 14.0. The van der Waals surface area contributed by atoms with Crippen LogP contribution >= 0.6 is 23.1 Å². The maximum atomic E-state index is 14.0. The molecule has 0 radical (unpaired) electrons. The summed E-state index contributed by atoms with van der Waals surface area (Å²) in [6.45, 7) is 2.06. The smallest absolute Gasteiger partial charge is 0.296 e. The number of fused-ring (bicyclic) bond motifs is 2. The van der Waals surface area contributed by atoms with Gasteiger partial charge in [0, 0.05) is 11.1 Å². The Morgan fingerprint density at radius 1 is 0.978 bits per heavy atom. The number of Topliss-reactive ketones (excluding diaryl/α,β-unsaturated/α-hetero) is 1. The van der Waals surface area contributed by atoms with E-state index in [0.29, 0.717) is 26.6 Å². The fraction of sp³-hybridized carbons (Fsp3) is 0.118. The minimum Gasteiger partial charge on any atom is -0.504 e. The molecule has 0 saturated carbocycles. The first-order valence-corrected chi connectivity index (χ1v) is 15.9. The van der Waals surface area contributed by atoms with Gasteiger partial charge >= 0.3 is 0 Å². The van der Waals surface area contributed by atoms with Crippen molar-refractivity contribution in [3.05, 3.63) is 119 Å². The Hall–Kier alpha value is -5.13. The summed E-state index contributed by atoms with van der Waals surface area (Å²) in [5, 5.41) is 33.4.